The summed E-state index contributed by atoms with van der Waals surface area (Å²) < 4.78 is 0. The number of nitrogens with one attached hydrogen (secondary N) is 1. The quantitative estimate of drug-likeness (QED) is 0.594. The van der Waals surface area contributed by atoms with Crippen LogP contribution in [0.1, 0.15) is 36.8 Å². The maximum absolute atomic E-state index is 10.6. The SMILES string of the molecule is C/C(=N\NC(N)=O)C1CCCc2ccccc21. The topological polar surface area (TPSA) is 67.5 Å². The molecule has 0 spiro atoms. The summed E-state index contributed by atoms with van der Waals surface area (Å²) in [6.45, 7) is 1.93. The number of benzene rings is 1. The fourth-order valence-electron chi connectivity index (χ4n) is 2.41. The standard InChI is InChI=1S/C13H17N3O/c1-9(15-16-13(14)17)11-8-4-6-10-5-2-3-7-12(10)11/h2-3,5,7,11H,4,6,8H2,1H3,(H3,14,16,17)/b15-9+. The van der Waals surface area contributed by atoms with Crippen LogP contribution in [0.25, 0.3) is 0 Å². The molecule has 0 bridgehead atoms. The lowest BCUT2D eigenvalue weighted by Gasteiger charge is -2.25. The van der Waals surface area contributed by atoms with Crippen molar-refractivity contribution in [3.8, 4) is 0 Å². The van der Waals surface area contributed by atoms with Crippen molar-refractivity contribution in [1.29, 1.82) is 0 Å². The van der Waals surface area contributed by atoms with Crippen LogP contribution < -0.4 is 11.2 Å². The van der Waals surface area contributed by atoms with Crippen molar-refractivity contribution in [3.05, 3.63) is 35.4 Å². The zero-order chi connectivity index (χ0) is 12.3. The van der Waals surface area contributed by atoms with Gasteiger partial charge in [0.2, 0.25) is 0 Å². The number of nitrogens with two attached hydrogens (primary N) is 1. The number of aryl methyl sites for hydroxylation is 1. The molecule has 2 rings (SSSR count). The normalized spacial score (nSPS) is 19.6. The number of rotatable bonds is 2. The fraction of sp³-hybridized carbons (Fsp3) is 0.385. The first-order valence-electron chi connectivity index (χ1n) is 5.86. The predicted molar refractivity (Wildman–Crippen MR) is 67.9 cm³/mol. The van der Waals surface area contributed by atoms with Crippen molar-refractivity contribution >= 4 is 11.7 Å². The monoisotopic (exact) mass is 231 g/mol. The lowest BCUT2D eigenvalue weighted by molar-refractivity contribution is 0.249. The summed E-state index contributed by atoms with van der Waals surface area (Å²) in [5, 5.41) is 4.04. The summed E-state index contributed by atoms with van der Waals surface area (Å²) in [5.74, 6) is 0.298. The van der Waals surface area contributed by atoms with Crippen molar-refractivity contribution in [3.63, 3.8) is 0 Å². The van der Waals surface area contributed by atoms with Crippen LogP contribution in [0, 0.1) is 0 Å². The summed E-state index contributed by atoms with van der Waals surface area (Å²) in [4.78, 5) is 10.6. The third-order valence-electron chi connectivity index (χ3n) is 3.22. The zero-order valence-electron chi connectivity index (χ0n) is 9.94. The number of hydrazone groups is 1. The molecule has 0 aliphatic heterocycles. The van der Waals surface area contributed by atoms with E-state index in [0.717, 1.165) is 25.0 Å². The van der Waals surface area contributed by atoms with E-state index in [0.29, 0.717) is 5.92 Å². The average molecular weight is 231 g/mol. The highest BCUT2D eigenvalue weighted by Gasteiger charge is 2.22. The van der Waals surface area contributed by atoms with Gasteiger partial charge < -0.3 is 5.73 Å². The number of carbonyl (C=O) groups excluding carboxylic acids is 1. The Morgan fingerprint density at radius 3 is 3.00 bits per heavy atom. The lowest BCUT2D eigenvalue weighted by Crippen LogP contribution is -2.27. The minimum Gasteiger partial charge on any atom is -0.350 e. The largest absolute Gasteiger partial charge is 0.350 e. The van der Waals surface area contributed by atoms with Gasteiger partial charge in [-0.2, -0.15) is 5.10 Å². The van der Waals surface area contributed by atoms with Crippen molar-refractivity contribution in [1.82, 2.24) is 5.43 Å². The minimum atomic E-state index is -0.617. The van der Waals surface area contributed by atoms with Crippen LogP contribution >= 0.6 is 0 Å². The molecule has 0 saturated heterocycles. The molecular weight excluding hydrogens is 214 g/mol. The number of primary amides is 1. The van der Waals surface area contributed by atoms with Gasteiger partial charge in [0.15, 0.2) is 0 Å². The zero-order valence-corrected chi connectivity index (χ0v) is 9.94. The van der Waals surface area contributed by atoms with E-state index in [4.69, 9.17) is 5.73 Å². The molecule has 90 valence electrons. The van der Waals surface area contributed by atoms with E-state index in [-0.39, 0.29) is 0 Å². The van der Waals surface area contributed by atoms with Crippen LogP contribution in [0.4, 0.5) is 4.79 Å². The minimum absolute atomic E-state index is 0.298. The number of nitrogens with zero attached hydrogens (tertiary/aromatic N) is 1. The summed E-state index contributed by atoms with van der Waals surface area (Å²) in [5.41, 5.74) is 10.9. The maximum Gasteiger partial charge on any atom is 0.332 e. The molecule has 1 aromatic carbocycles. The third-order valence-corrected chi connectivity index (χ3v) is 3.22. The van der Waals surface area contributed by atoms with Crippen molar-refractivity contribution < 1.29 is 4.79 Å². The summed E-state index contributed by atoms with van der Waals surface area (Å²) >= 11 is 0. The van der Waals surface area contributed by atoms with E-state index in [1.54, 1.807) is 0 Å². The van der Waals surface area contributed by atoms with Gasteiger partial charge in [-0.15, -0.1) is 0 Å². The molecule has 0 heterocycles. The molecule has 1 aromatic rings. The first-order chi connectivity index (χ1) is 8.18. The molecule has 1 atom stereocenters. The Hall–Kier alpha value is -1.84. The smallest absolute Gasteiger partial charge is 0.332 e. The van der Waals surface area contributed by atoms with E-state index in [1.165, 1.54) is 11.1 Å². The van der Waals surface area contributed by atoms with E-state index >= 15 is 0 Å². The predicted octanol–water partition coefficient (Wildman–Crippen LogP) is 2.15. The first-order valence-corrected chi connectivity index (χ1v) is 5.86. The second-order valence-corrected chi connectivity index (χ2v) is 4.37. The van der Waals surface area contributed by atoms with Crippen LogP contribution in [0.5, 0.6) is 0 Å². The highest BCUT2D eigenvalue weighted by Crippen LogP contribution is 2.32. The van der Waals surface area contributed by atoms with E-state index < -0.39 is 6.03 Å². The summed E-state index contributed by atoms with van der Waals surface area (Å²) in [6.07, 6.45) is 3.36. The van der Waals surface area contributed by atoms with Crippen molar-refractivity contribution in [2.24, 2.45) is 10.8 Å². The highest BCUT2D eigenvalue weighted by atomic mass is 16.2. The molecule has 1 unspecified atom stereocenters. The van der Waals surface area contributed by atoms with Gasteiger partial charge in [-0.05, 0) is 37.3 Å². The van der Waals surface area contributed by atoms with E-state index in [9.17, 15) is 4.79 Å². The molecule has 4 heteroatoms. The Morgan fingerprint density at radius 2 is 2.24 bits per heavy atom. The Kier molecular flexibility index (Phi) is 3.42. The van der Waals surface area contributed by atoms with Gasteiger partial charge in [0.05, 0.1) is 0 Å². The van der Waals surface area contributed by atoms with Gasteiger partial charge >= 0.3 is 6.03 Å². The van der Waals surface area contributed by atoms with Crippen LogP contribution in [0.2, 0.25) is 0 Å². The average Bonchev–Trinajstić information content (AvgIpc) is 2.35. The molecule has 2 amide bonds. The first kappa shape index (κ1) is 11.6. The Labute approximate surface area is 101 Å². The summed E-state index contributed by atoms with van der Waals surface area (Å²) in [7, 11) is 0. The molecule has 0 fully saturated rings. The number of amides is 2. The summed E-state index contributed by atoms with van der Waals surface area (Å²) in [6, 6.07) is 7.80. The van der Waals surface area contributed by atoms with Crippen LogP contribution in [0.3, 0.4) is 0 Å². The molecule has 1 aliphatic rings. The van der Waals surface area contributed by atoms with Crippen molar-refractivity contribution in [2.45, 2.75) is 32.1 Å². The van der Waals surface area contributed by atoms with Gasteiger partial charge in [-0.1, -0.05) is 24.3 Å². The second kappa shape index (κ2) is 4.99. The van der Waals surface area contributed by atoms with Crippen LogP contribution in [-0.2, 0) is 6.42 Å². The molecule has 0 radical (unpaired) electrons. The number of fused-ring (bicyclic) bond motifs is 1. The Morgan fingerprint density at radius 1 is 1.47 bits per heavy atom. The van der Waals surface area contributed by atoms with E-state index in [2.05, 4.69) is 28.7 Å². The van der Waals surface area contributed by atoms with Crippen LogP contribution in [-0.4, -0.2) is 11.7 Å². The lowest BCUT2D eigenvalue weighted by atomic mass is 9.80. The van der Waals surface area contributed by atoms with Gasteiger partial charge in [-0.25, -0.2) is 10.2 Å². The molecule has 17 heavy (non-hydrogen) atoms. The van der Waals surface area contributed by atoms with Gasteiger partial charge in [0.1, 0.15) is 0 Å². The highest BCUT2D eigenvalue weighted by molar-refractivity contribution is 5.90. The molecule has 0 aromatic heterocycles. The Bertz CT molecular complexity index is 454. The number of urea groups is 1. The number of carbonyl (C=O) groups is 1. The maximum atomic E-state index is 10.6. The molecular formula is C13H17N3O. The van der Waals surface area contributed by atoms with Gasteiger partial charge in [-0.3, -0.25) is 0 Å². The molecule has 1 aliphatic carbocycles. The number of hydrogen-bond acceptors (Lipinski definition) is 2. The number of hydrogen-bond donors (Lipinski definition) is 2. The van der Waals surface area contributed by atoms with Crippen LogP contribution in [0.15, 0.2) is 29.4 Å². The third kappa shape index (κ3) is 2.64. The molecule has 4 nitrogen and oxygen atoms in total. The van der Waals surface area contributed by atoms with Gasteiger partial charge in [0, 0.05) is 11.6 Å². The van der Waals surface area contributed by atoms with E-state index in [1.807, 2.05) is 13.0 Å². The van der Waals surface area contributed by atoms with Crippen molar-refractivity contribution in [2.75, 3.05) is 0 Å². The second-order valence-electron chi connectivity index (χ2n) is 4.37. The van der Waals surface area contributed by atoms with Gasteiger partial charge in [0.25, 0.3) is 0 Å². The molecule has 3 N–H and O–H groups in total. The fourth-order valence-corrected chi connectivity index (χ4v) is 2.41. The Balaban J connectivity index is 2.23. The molecule has 0 saturated carbocycles.